The zero-order valence-corrected chi connectivity index (χ0v) is 11.1. The van der Waals surface area contributed by atoms with Crippen LogP contribution in [0.5, 0.6) is 0 Å². The molecule has 0 heterocycles. The van der Waals surface area contributed by atoms with Gasteiger partial charge in [-0.2, -0.15) is 0 Å². The number of nitrogens with one attached hydrogen (secondary N) is 1. The van der Waals surface area contributed by atoms with Crippen LogP contribution in [0.25, 0.3) is 0 Å². The van der Waals surface area contributed by atoms with E-state index in [4.69, 9.17) is 5.11 Å². The van der Waals surface area contributed by atoms with Gasteiger partial charge in [0.25, 0.3) is 0 Å². The Kier molecular flexibility index (Phi) is 4.71. The average Bonchev–Trinajstić information content (AvgIpc) is 2.88. The molecule has 0 aliphatic heterocycles. The highest BCUT2D eigenvalue weighted by Gasteiger charge is 2.32. The lowest BCUT2D eigenvalue weighted by molar-refractivity contribution is -0.143. The zero-order chi connectivity index (χ0) is 14.5. The zero-order valence-electron chi connectivity index (χ0n) is 11.1. The number of carbonyl (C=O) groups is 2. The van der Waals surface area contributed by atoms with Gasteiger partial charge in [-0.25, -0.2) is 4.39 Å². The maximum atomic E-state index is 12.7. The fourth-order valence-electron chi connectivity index (χ4n) is 2.70. The quantitative estimate of drug-likeness (QED) is 0.866. The lowest BCUT2D eigenvalue weighted by Crippen LogP contribution is -2.33. The van der Waals surface area contributed by atoms with E-state index in [1.807, 2.05) is 0 Å². The molecule has 1 saturated carbocycles. The highest BCUT2D eigenvalue weighted by molar-refractivity contribution is 5.78. The normalized spacial score (nSPS) is 21.6. The highest BCUT2D eigenvalue weighted by atomic mass is 19.1. The minimum atomic E-state index is -0.778. The molecule has 1 aromatic carbocycles. The molecule has 0 radical (unpaired) electrons. The van der Waals surface area contributed by atoms with Crippen LogP contribution in [0, 0.1) is 17.7 Å². The van der Waals surface area contributed by atoms with E-state index in [2.05, 4.69) is 5.32 Å². The molecular formula is C15H18FNO3. The Labute approximate surface area is 117 Å². The average molecular weight is 279 g/mol. The third kappa shape index (κ3) is 3.79. The number of carboxylic acid groups (broad SMARTS) is 1. The first kappa shape index (κ1) is 14.5. The van der Waals surface area contributed by atoms with Crippen LogP contribution in [0.2, 0.25) is 0 Å². The van der Waals surface area contributed by atoms with Gasteiger partial charge in [0.05, 0.1) is 12.3 Å². The summed E-state index contributed by atoms with van der Waals surface area (Å²) in [5, 5.41) is 11.8. The number of rotatable bonds is 5. The molecule has 20 heavy (non-hydrogen) atoms. The summed E-state index contributed by atoms with van der Waals surface area (Å²) in [6.07, 6.45) is 2.61. The number of amides is 1. The Morgan fingerprint density at radius 3 is 2.60 bits per heavy atom. The van der Waals surface area contributed by atoms with E-state index < -0.39 is 5.97 Å². The van der Waals surface area contributed by atoms with Crippen LogP contribution in [-0.2, 0) is 16.0 Å². The van der Waals surface area contributed by atoms with E-state index in [1.54, 1.807) is 12.1 Å². The fourth-order valence-corrected chi connectivity index (χ4v) is 2.70. The number of hydrogen-bond acceptors (Lipinski definition) is 2. The largest absolute Gasteiger partial charge is 0.481 e. The van der Waals surface area contributed by atoms with Gasteiger partial charge in [-0.3, -0.25) is 9.59 Å². The summed E-state index contributed by atoms with van der Waals surface area (Å²) in [4.78, 5) is 22.8. The van der Waals surface area contributed by atoms with E-state index in [0.717, 1.165) is 18.4 Å². The Hall–Kier alpha value is -1.91. The summed E-state index contributed by atoms with van der Waals surface area (Å²) in [6, 6.07) is 5.79. The molecule has 0 saturated heterocycles. The molecule has 2 atom stereocenters. The van der Waals surface area contributed by atoms with E-state index in [-0.39, 0.29) is 30.0 Å². The maximum absolute atomic E-state index is 12.7. The van der Waals surface area contributed by atoms with E-state index in [0.29, 0.717) is 13.0 Å². The third-order valence-corrected chi connectivity index (χ3v) is 3.82. The van der Waals surface area contributed by atoms with Gasteiger partial charge in [0.15, 0.2) is 0 Å². The predicted molar refractivity (Wildman–Crippen MR) is 71.6 cm³/mol. The van der Waals surface area contributed by atoms with Crippen molar-refractivity contribution in [2.24, 2.45) is 11.8 Å². The molecule has 1 aromatic rings. The van der Waals surface area contributed by atoms with E-state index in [1.165, 1.54) is 12.1 Å². The van der Waals surface area contributed by atoms with Crippen molar-refractivity contribution in [1.29, 1.82) is 0 Å². The van der Waals surface area contributed by atoms with Gasteiger partial charge < -0.3 is 10.4 Å². The van der Waals surface area contributed by atoms with E-state index >= 15 is 0 Å². The van der Waals surface area contributed by atoms with Crippen molar-refractivity contribution in [3.8, 4) is 0 Å². The SMILES string of the molecule is O=C(Cc1ccc(F)cc1)NCC1CCCC1C(=O)O. The summed E-state index contributed by atoms with van der Waals surface area (Å²) >= 11 is 0. The minimum Gasteiger partial charge on any atom is -0.481 e. The second-order valence-corrected chi connectivity index (χ2v) is 5.24. The summed E-state index contributed by atoms with van der Waals surface area (Å²) in [5.41, 5.74) is 0.741. The number of aliphatic carboxylic acids is 1. The van der Waals surface area contributed by atoms with Crippen molar-refractivity contribution in [3.63, 3.8) is 0 Å². The predicted octanol–water partition coefficient (Wildman–Crippen LogP) is 1.99. The van der Waals surface area contributed by atoms with Crippen LogP contribution in [0.1, 0.15) is 24.8 Å². The lowest BCUT2D eigenvalue weighted by Gasteiger charge is -2.16. The summed E-state index contributed by atoms with van der Waals surface area (Å²) < 4.78 is 12.7. The molecule has 0 bridgehead atoms. The molecule has 2 unspecified atom stereocenters. The third-order valence-electron chi connectivity index (χ3n) is 3.82. The number of hydrogen-bond donors (Lipinski definition) is 2. The Morgan fingerprint density at radius 1 is 1.25 bits per heavy atom. The van der Waals surface area contributed by atoms with Crippen LogP contribution in [0.4, 0.5) is 4.39 Å². The van der Waals surface area contributed by atoms with Crippen LogP contribution in [0.3, 0.4) is 0 Å². The molecule has 2 N–H and O–H groups in total. The van der Waals surface area contributed by atoms with Crippen molar-refractivity contribution in [2.75, 3.05) is 6.54 Å². The lowest BCUT2D eigenvalue weighted by atomic mass is 9.96. The summed E-state index contributed by atoms with van der Waals surface area (Å²) in [6.45, 7) is 0.400. The Morgan fingerprint density at radius 2 is 1.95 bits per heavy atom. The van der Waals surface area contributed by atoms with Crippen molar-refractivity contribution in [2.45, 2.75) is 25.7 Å². The first-order chi connectivity index (χ1) is 9.56. The number of carboxylic acids is 1. The summed E-state index contributed by atoms with van der Waals surface area (Å²) in [5.74, 6) is -1.59. The van der Waals surface area contributed by atoms with Crippen LogP contribution in [-0.4, -0.2) is 23.5 Å². The van der Waals surface area contributed by atoms with Gasteiger partial charge in [-0.1, -0.05) is 18.6 Å². The van der Waals surface area contributed by atoms with Crippen molar-refractivity contribution >= 4 is 11.9 Å². The fraction of sp³-hybridized carbons (Fsp3) is 0.467. The number of halogens is 1. The van der Waals surface area contributed by atoms with Gasteiger partial charge in [-0.05, 0) is 36.5 Å². The molecule has 1 amide bonds. The summed E-state index contributed by atoms with van der Waals surface area (Å²) in [7, 11) is 0. The Bertz CT molecular complexity index is 486. The van der Waals surface area contributed by atoms with Crippen LogP contribution in [0.15, 0.2) is 24.3 Å². The molecule has 1 aliphatic rings. The van der Waals surface area contributed by atoms with Crippen molar-refractivity contribution in [3.05, 3.63) is 35.6 Å². The number of carbonyl (C=O) groups excluding carboxylic acids is 1. The van der Waals surface area contributed by atoms with Gasteiger partial charge in [-0.15, -0.1) is 0 Å². The van der Waals surface area contributed by atoms with Gasteiger partial charge >= 0.3 is 5.97 Å². The van der Waals surface area contributed by atoms with Crippen LogP contribution < -0.4 is 5.32 Å². The molecule has 2 rings (SSSR count). The standard InChI is InChI=1S/C15H18FNO3/c16-12-6-4-10(5-7-12)8-14(18)17-9-11-2-1-3-13(11)15(19)20/h4-7,11,13H,1-3,8-9H2,(H,17,18)(H,19,20). The molecule has 0 aromatic heterocycles. The molecule has 1 fully saturated rings. The molecular weight excluding hydrogens is 261 g/mol. The van der Waals surface area contributed by atoms with Gasteiger partial charge in [0, 0.05) is 6.54 Å². The van der Waals surface area contributed by atoms with Crippen LogP contribution >= 0.6 is 0 Å². The number of benzene rings is 1. The van der Waals surface area contributed by atoms with Crippen molar-refractivity contribution < 1.29 is 19.1 Å². The Balaban J connectivity index is 1.80. The van der Waals surface area contributed by atoms with Gasteiger partial charge in [0.2, 0.25) is 5.91 Å². The minimum absolute atomic E-state index is 0.0182. The highest BCUT2D eigenvalue weighted by Crippen LogP contribution is 2.31. The maximum Gasteiger partial charge on any atom is 0.306 e. The first-order valence-electron chi connectivity index (χ1n) is 6.80. The first-order valence-corrected chi connectivity index (χ1v) is 6.80. The monoisotopic (exact) mass is 279 g/mol. The second-order valence-electron chi connectivity index (χ2n) is 5.24. The van der Waals surface area contributed by atoms with Crippen molar-refractivity contribution in [1.82, 2.24) is 5.32 Å². The molecule has 5 heteroatoms. The van der Waals surface area contributed by atoms with Gasteiger partial charge in [0.1, 0.15) is 5.82 Å². The second kappa shape index (κ2) is 6.50. The molecule has 1 aliphatic carbocycles. The smallest absolute Gasteiger partial charge is 0.306 e. The topological polar surface area (TPSA) is 66.4 Å². The molecule has 0 spiro atoms. The molecule has 108 valence electrons. The molecule has 4 nitrogen and oxygen atoms in total. The van der Waals surface area contributed by atoms with E-state index in [9.17, 15) is 14.0 Å².